The molecule has 0 spiro atoms. The van der Waals surface area contributed by atoms with Crippen molar-refractivity contribution in [3.63, 3.8) is 0 Å². The number of nitrogens with one attached hydrogen (secondary N) is 1. The zero-order valence-corrected chi connectivity index (χ0v) is 19.5. The van der Waals surface area contributed by atoms with Crippen LogP contribution < -0.4 is 14.4 Å². The first-order chi connectivity index (χ1) is 15.3. The summed E-state index contributed by atoms with van der Waals surface area (Å²) in [5.74, 6) is 0.289. The molecule has 168 valence electrons. The lowest BCUT2D eigenvalue weighted by molar-refractivity contribution is -0.119. The minimum atomic E-state index is -4.00. The van der Waals surface area contributed by atoms with Crippen LogP contribution >= 0.6 is 11.6 Å². The minimum Gasteiger partial charge on any atom is -0.491 e. The second-order valence-electron chi connectivity index (χ2n) is 7.24. The van der Waals surface area contributed by atoms with E-state index in [0.717, 1.165) is 21.2 Å². The highest BCUT2D eigenvalue weighted by Gasteiger charge is 2.28. The zero-order chi connectivity index (χ0) is 23.1. The number of halogens is 1. The summed E-state index contributed by atoms with van der Waals surface area (Å²) in [6.45, 7) is 4.00. The first-order valence-electron chi connectivity index (χ1n) is 10.1. The van der Waals surface area contributed by atoms with E-state index >= 15 is 0 Å². The molecule has 0 saturated carbocycles. The Hall–Kier alpha value is -3.03. The Kier molecular flexibility index (Phi) is 7.77. The molecule has 0 unspecified atom stereocenters. The van der Waals surface area contributed by atoms with Gasteiger partial charge in [0.05, 0.1) is 22.2 Å². The largest absolute Gasteiger partial charge is 0.491 e. The molecule has 1 amide bonds. The van der Waals surface area contributed by atoms with Gasteiger partial charge < -0.3 is 10.1 Å². The predicted octanol–water partition coefficient (Wildman–Crippen LogP) is 4.35. The Labute approximate surface area is 193 Å². The molecule has 3 aromatic rings. The van der Waals surface area contributed by atoms with Gasteiger partial charge in [-0.05, 0) is 55.3 Å². The average Bonchev–Trinajstić information content (AvgIpc) is 2.78. The quantitative estimate of drug-likeness (QED) is 0.470. The Balaban J connectivity index is 1.70. The molecule has 0 fully saturated rings. The van der Waals surface area contributed by atoms with E-state index < -0.39 is 22.5 Å². The maximum absolute atomic E-state index is 13.3. The van der Waals surface area contributed by atoms with Gasteiger partial charge in [-0.3, -0.25) is 9.10 Å². The number of rotatable bonds is 9. The molecule has 0 aromatic heterocycles. The topological polar surface area (TPSA) is 75.7 Å². The van der Waals surface area contributed by atoms with Gasteiger partial charge in [0.2, 0.25) is 5.91 Å². The van der Waals surface area contributed by atoms with E-state index in [4.69, 9.17) is 16.3 Å². The number of amides is 1. The first kappa shape index (κ1) is 23.6. The standard InChI is InChI=1S/C24H25ClN2O4S/c1-18-12-13-19(2)23(16-18)31-15-14-26-24(28)17-27(22-11-7-6-10-21(22)25)32(29,30)20-8-4-3-5-9-20/h3-13,16H,14-15,17H2,1-2H3,(H,26,28). The number of para-hydroxylation sites is 1. The smallest absolute Gasteiger partial charge is 0.264 e. The first-order valence-corrected chi connectivity index (χ1v) is 11.9. The zero-order valence-electron chi connectivity index (χ0n) is 17.9. The van der Waals surface area contributed by atoms with Crippen molar-refractivity contribution in [3.8, 4) is 5.75 Å². The number of anilines is 1. The highest BCUT2D eigenvalue weighted by Crippen LogP contribution is 2.30. The lowest BCUT2D eigenvalue weighted by Crippen LogP contribution is -2.42. The van der Waals surface area contributed by atoms with Crippen LogP contribution in [0.3, 0.4) is 0 Å². The van der Waals surface area contributed by atoms with Gasteiger partial charge in [-0.1, -0.05) is 54.1 Å². The summed E-state index contributed by atoms with van der Waals surface area (Å²) in [5.41, 5.74) is 2.32. The number of hydrogen-bond acceptors (Lipinski definition) is 4. The molecule has 0 heterocycles. The van der Waals surface area contributed by atoms with E-state index in [0.29, 0.717) is 0 Å². The molecule has 0 aliphatic rings. The third kappa shape index (κ3) is 5.81. The van der Waals surface area contributed by atoms with Crippen molar-refractivity contribution in [1.29, 1.82) is 0 Å². The second kappa shape index (κ2) is 10.5. The van der Waals surface area contributed by atoms with Crippen molar-refractivity contribution < 1.29 is 17.9 Å². The number of sulfonamides is 1. The van der Waals surface area contributed by atoms with Crippen LogP contribution in [0.15, 0.2) is 77.7 Å². The number of ether oxygens (including phenoxy) is 1. The van der Waals surface area contributed by atoms with Crippen LogP contribution in [0.4, 0.5) is 5.69 Å². The Morgan fingerprint density at radius 3 is 2.41 bits per heavy atom. The molecule has 0 bridgehead atoms. The van der Waals surface area contributed by atoms with Gasteiger partial charge in [0, 0.05) is 0 Å². The minimum absolute atomic E-state index is 0.0750. The van der Waals surface area contributed by atoms with Crippen LogP contribution in [0.5, 0.6) is 5.75 Å². The van der Waals surface area contributed by atoms with E-state index in [1.165, 1.54) is 12.1 Å². The van der Waals surface area contributed by atoms with Crippen molar-refractivity contribution in [2.45, 2.75) is 18.7 Å². The summed E-state index contributed by atoms with van der Waals surface area (Å²) in [7, 11) is -4.00. The maximum atomic E-state index is 13.3. The predicted molar refractivity (Wildman–Crippen MR) is 127 cm³/mol. The summed E-state index contributed by atoms with van der Waals surface area (Å²) < 4.78 is 33.3. The molecule has 0 aliphatic heterocycles. The normalized spacial score (nSPS) is 11.1. The molecule has 3 rings (SSSR count). The third-order valence-electron chi connectivity index (χ3n) is 4.77. The number of hydrogen-bond donors (Lipinski definition) is 1. The molecule has 0 saturated heterocycles. The Morgan fingerprint density at radius 2 is 1.69 bits per heavy atom. The van der Waals surface area contributed by atoms with Crippen molar-refractivity contribution in [1.82, 2.24) is 5.32 Å². The summed E-state index contributed by atoms with van der Waals surface area (Å²) in [4.78, 5) is 12.7. The fourth-order valence-corrected chi connectivity index (χ4v) is 4.82. The number of aryl methyl sites for hydroxylation is 2. The molecule has 0 atom stereocenters. The monoisotopic (exact) mass is 472 g/mol. The summed E-state index contributed by atoms with van der Waals surface area (Å²) in [6.07, 6.45) is 0. The highest BCUT2D eigenvalue weighted by molar-refractivity contribution is 7.92. The molecule has 8 heteroatoms. The van der Waals surface area contributed by atoms with Crippen molar-refractivity contribution >= 4 is 33.2 Å². The number of benzene rings is 3. The van der Waals surface area contributed by atoms with Crippen LogP contribution in [-0.2, 0) is 14.8 Å². The van der Waals surface area contributed by atoms with Crippen molar-refractivity contribution in [2.75, 3.05) is 24.0 Å². The molecule has 3 aromatic carbocycles. The molecule has 0 aliphatic carbocycles. The average molecular weight is 473 g/mol. The summed E-state index contributed by atoms with van der Waals surface area (Å²) in [6, 6.07) is 20.4. The van der Waals surface area contributed by atoms with E-state index in [9.17, 15) is 13.2 Å². The van der Waals surface area contributed by atoms with Gasteiger partial charge in [-0.15, -0.1) is 0 Å². The van der Waals surface area contributed by atoms with Gasteiger partial charge in [0.15, 0.2) is 0 Å². The van der Waals surface area contributed by atoms with E-state index in [-0.39, 0.29) is 28.8 Å². The van der Waals surface area contributed by atoms with Gasteiger partial charge in [-0.2, -0.15) is 0 Å². The van der Waals surface area contributed by atoms with E-state index in [1.54, 1.807) is 42.5 Å². The van der Waals surface area contributed by atoms with Gasteiger partial charge in [0.25, 0.3) is 10.0 Å². The Morgan fingerprint density at radius 1 is 1.00 bits per heavy atom. The van der Waals surface area contributed by atoms with Crippen LogP contribution in [-0.4, -0.2) is 34.0 Å². The molecule has 6 nitrogen and oxygen atoms in total. The molecular formula is C24H25ClN2O4S. The molecule has 1 N–H and O–H groups in total. The molecule has 32 heavy (non-hydrogen) atoms. The van der Waals surface area contributed by atoms with Crippen molar-refractivity contribution in [2.24, 2.45) is 0 Å². The lowest BCUT2D eigenvalue weighted by Gasteiger charge is -2.25. The fraction of sp³-hybridized carbons (Fsp3) is 0.208. The lowest BCUT2D eigenvalue weighted by atomic mass is 10.1. The van der Waals surface area contributed by atoms with Crippen LogP contribution in [0.25, 0.3) is 0 Å². The van der Waals surface area contributed by atoms with Crippen LogP contribution in [0.2, 0.25) is 5.02 Å². The second-order valence-corrected chi connectivity index (χ2v) is 9.51. The van der Waals surface area contributed by atoms with Crippen molar-refractivity contribution in [3.05, 3.63) is 88.9 Å². The maximum Gasteiger partial charge on any atom is 0.264 e. The van der Waals surface area contributed by atoms with E-state index in [1.807, 2.05) is 32.0 Å². The van der Waals surface area contributed by atoms with Gasteiger partial charge in [-0.25, -0.2) is 8.42 Å². The third-order valence-corrected chi connectivity index (χ3v) is 6.86. The molecule has 0 radical (unpaired) electrons. The van der Waals surface area contributed by atoms with Gasteiger partial charge in [0.1, 0.15) is 18.9 Å². The number of carbonyl (C=O) groups is 1. The van der Waals surface area contributed by atoms with Crippen LogP contribution in [0, 0.1) is 13.8 Å². The highest BCUT2D eigenvalue weighted by atomic mass is 35.5. The summed E-state index contributed by atoms with van der Waals surface area (Å²) >= 11 is 6.26. The fourth-order valence-electron chi connectivity index (χ4n) is 3.07. The Bertz CT molecular complexity index is 1180. The molecular weight excluding hydrogens is 448 g/mol. The van der Waals surface area contributed by atoms with Gasteiger partial charge >= 0.3 is 0 Å². The number of nitrogens with zero attached hydrogens (tertiary/aromatic N) is 1. The SMILES string of the molecule is Cc1ccc(C)c(OCCNC(=O)CN(c2ccccc2Cl)S(=O)(=O)c2ccccc2)c1. The van der Waals surface area contributed by atoms with E-state index in [2.05, 4.69) is 5.32 Å². The summed E-state index contributed by atoms with van der Waals surface area (Å²) in [5, 5.41) is 2.95. The number of carbonyl (C=O) groups excluding carboxylic acids is 1. The van der Waals surface area contributed by atoms with Crippen LogP contribution in [0.1, 0.15) is 11.1 Å².